The average molecular weight is 448 g/mol. The molecule has 140 valence electrons. The van der Waals surface area contributed by atoms with E-state index in [0.717, 1.165) is 32.9 Å². The van der Waals surface area contributed by atoms with Gasteiger partial charge in [0.2, 0.25) is 0 Å². The molecule has 0 atom stereocenters. The number of benzene rings is 2. The number of carbonyl (C=O) groups is 2. The third kappa shape index (κ3) is 4.20. The first-order valence-corrected chi connectivity index (χ1v) is 9.76. The summed E-state index contributed by atoms with van der Waals surface area (Å²) in [7, 11) is 3.10. The van der Waals surface area contributed by atoms with Crippen molar-refractivity contribution in [1.82, 2.24) is 4.90 Å². The van der Waals surface area contributed by atoms with Gasteiger partial charge < -0.3 is 9.47 Å². The number of hydrogen-bond acceptors (Lipinski definition) is 5. The molecular formula is C20H18BrNO4S. The van der Waals surface area contributed by atoms with Crippen LogP contribution in [0.25, 0.3) is 6.08 Å². The third-order valence-electron chi connectivity index (χ3n) is 4.12. The fourth-order valence-corrected chi connectivity index (χ4v) is 3.90. The molecule has 27 heavy (non-hydrogen) atoms. The van der Waals surface area contributed by atoms with E-state index in [0.29, 0.717) is 16.4 Å². The van der Waals surface area contributed by atoms with Crippen LogP contribution in [0.3, 0.4) is 0 Å². The van der Waals surface area contributed by atoms with E-state index < -0.39 is 0 Å². The zero-order chi connectivity index (χ0) is 19.6. The van der Waals surface area contributed by atoms with Gasteiger partial charge in [0, 0.05) is 4.47 Å². The molecule has 7 heteroatoms. The standard InChI is InChI=1S/C20H18BrNO4S/c1-12-4-6-13(7-5-12)11-22-19(23)18(27-20(22)24)9-14-8-16(25-2)17(26-3)10-15(14)21/h4-10H,11H2,1-3H3/b18-9-. The molecule has 0 aliphatic carbocycles. The molecule has 0 radical (unpaired) electrons. The molecule has 5 nitrogen and oxygen atoms in total. The second kappa shape index (κ2) is 8.19. The third-order valence-corrected chi connectivity index (χ3v) is 5.72. The van der Waals surface area contributed by atoms with Crippen LogP contribution in [0, 0.1) is 6.92 Å². The molecule has 0 unspecified atom stereocenters. The minimum Gasteiger partial charge on any atom is -0.493 e. The Labute approximate surface area is 170 Å². The highest BCUT2D eigenvalue weighted by Gasteiger charge is 2.35. The topological polar surface area (TPSA) is 55.8 Å². The Hall–Kier alpha value is -2.25. The second-order valence-electron chi connectivity index (χ2n) is 5.98. The van der Waals surface area contributed by atoms with Crippen LogP contribution in [0.15, 0.2) is 45.8 Å². The monoisotopic (exact) mass is 447 g/mol. The lowest BCUT2D eigenvalue weighted by Gasteiger charge is -2.12. The summed E-state index contributed by atoms with van der Waals surface area (Å²) < 4.78 is 11.3. The predicted molar refractivity (Wildman–Crippen MR) is 110 cm³/mol. The number of imide groups is 1. The Kier molecular flexibility index (Phi) is 5.92. The summed E-state index contributed by atoms with van der Waals surface area (Å²) in [5.41, 5.74) is 2.77. The van der Waals surface area contributed by atoms with Gasteiger partial charge in [0.25, 0.3) is 11.1 Å². The number of carbonyl (C=O) groups excluding carboxylic acids is 2. The SMILES string of the molecule is COc1cc(Br)c(/C=C2\SC(=O)N(Cc3ccc(C)cc3)C2=O)cc1OC. The van der Waals surface area contributed by atoms with Crippen LogP contribution >= 0.6 is 27.7 Å². The van der Waals surface area contributed by atoms with E-state index in [9.17, 15) is 9.59 Å². The maximum atomic E-state index is 12.7. The van der Waals surface area contributed by atoms with Gasteiger partial charge >= 0.3 is 0 Å². The zero-order valence-electron chi connectivity index (χ0n) is 15.1. The van der Waals surface area contributed by atoms with Crippen molar-refractivity contribution in [1.29, 1.82) is 0 Å². The molecule has 1 aliphatic rings. The number of halogens is 1. The number of amides is 2. The summed E-state index contributed by atoms with van der Waals surface area (Å²) in [5.74, 6) is 0.826. The fraction of sp³-hybridized carbons (Fsp3) is 0.200. The van der Waals surface area contributed by atoms with E-state index in [1.54, 1.807) is 32.4 Å². The van der Waals surface area contributed by atoms with Crippen molar-refractivity contribution < 1.29 is 19.1 Å². The van der Waals surface area contributed by atoms with Crippen LogP contribution < -0.4 is 9.47 Å². The molecule has 0 aromatic heterocycles. The summed E-state index contributed by atoms with van der Waals surface area (Å²) in [6, 6.07) is 11.3. The fourth-order valence-electron chi connectivity index (χ4n) is 2.63. The van der Waals surface area contributed by atoms with Gasteiger partial charge in [-0.25, -0.2) is 0 Å². The summed E-state index contributed by atoms with van der Waals surface area (Å²) in [6.45, 7) is 2.25. The highest BCUT2D eigenvalue weighted by atomic mass is 79.9. The van der Waals surface area contributed by atoms with Crippen LogP contribution in [0.4, 0.5) is 4.79 Å². The van der Waals surface area contributed by atoms with Crippen LogP contribution in [0.1, 0.15) is 16.7 Å². The molecule has 0 N–H and O–H groups in total. The molecule has 2 aromatic carbocycles. The van der Waals surface area contributed by atoms with Crippen LogP contribution in [-0.4, -0.2) is 30.3 Å². The van der Waals surface area contributed by atoms with E-state index in [1.165, 1.54) is 4.90 Å². The van der Waals surface area contributed by atoms with Gasteiger partial charge in [-0.2, -0.15) is 0 Å². The lowest BCUT2D eigenvalue weighted by Crippen LogP contribution is -2.27. The summed E-state index contributed by atoms with van der Waals surface area (Å²) in [6.07, 6.45) is 1.69. The van der Waals surface area contributed by atoms with Crippen molar-refractivity contribution in [2.75, 3.05) is 14.2 Å². The second-order valence-corrected chi connectivity index (χ2v) is 7.83. The minimum atomic E-state index is -0.299. The number of thioether (sulfide) groups is 1. The molecule has 1 fully saturated rings. The van der Waals surface area contributed by atoms with Crippen molar-refractivity contribution in [3.63, 3.8) is 0 Å². The van der Waals surface area contributed by atoms with E-state index in [1.807, 2.05) is 31.2 Å². The van der Waals surface area contributed by atoms with E-state index in [4.69, 9.17) is 9.47 Å². The number of aryl methyl sites for hydroxylation is 1. The van der Waals surface area contributed by atoms with E-state index in [2.05, 4.69) is 15.9 Å². The highest BCUT2D eigenvalue weighted by Crippen LogP contribution is 2.38. The molecule has 2 aromatic rings. The van der Waals surface area contributed by atoms with Gasteiger partial charge in [0.1, 0.15) is 0 Å². The number of ether oxygens (including phenoxy) is 2. The first-order chi connectivity index (χ1) is 12.9. The number of nitrogens with zero attached hydrogens (tertiary/aromatic N) is 1. The molecule has 3 rings (SSSR count). The average Bonchev–Trinajstić information content (AvgIpc) is 2.92. The molecule has 0 saturated carbocycles. The van der Waals surface area contributed by atoms with Crippen molar-refractivity contribution >= 4 is 44.9 Å². The molecule has 0 spiro atoms. The molecule has 2 amide bonds. The molecule has 1 heterocycles. The van der Waals surface area contributed by atoms with Crippen LogP contribution in [0.5, 0.6) is 11.5 Å². The van der Waals surface area contributed by atoms with Gasteiger partial charge in [0.15, 0.2) is 11.5 Å². The molecule has 1 aliphatic heterocycles. The Morgan fingerprint density at radius 3 is 2.33 bits per heavy atom. The Morgan fingerprint density at radius 2 is 1.70 bits per heavy atom. The molecular weight excluding hydrogens is 430 g/mol. The summed E-state index contributed by atoms with van der Waals surface area (Å²) in [5, 5.41) is -0.275. The smallest absolute Gasteiger partial charge is 0.293 e. The lowest BCUT2D eigenvalue weighted by molar-refractivity contribution is -0.123. The first-order valence-electron chi connectivity index (χ1n) is 8.15. The number of rotatable bonds is 5. The Morgan fingerprint density at radius 1 is 1.07 bits per heavy atom. The van der Waals surface area contributed by atoms with Gasteiger partial charge in [-0.05, 0) is 48.0 Å². The molecule has 0 bridgehead atoms. The Balaban J connectivity index is 1.87. The normalized spacial score (nSPS) is 15.6. The highest BCUT2D eigenvalue weighted by molar-refractivity contribution is 9.10. The van der Waals surface area contributed by atoms with Crippen LogP contribution in [0.2, 0.25) is 0 Å². The minimum absolute atomic E-state index is 0.259. The van der Waals surface area contributed by atoms with Crippen molar-refractivity contribution in [2.45, 2.75) is 13.5 Å². The van der Waals surface area contributed by atoms with Gasteiger partial charge in [-0.1, -0.05) is 45.8 Å². The Bertz CT molecular complexity index is 924. The first kappa shape index (κ1) is 19.5. The van der Waals surface area contributed by atoms with Gasteiger partial charge in [0.05, 0.1) is 25.7 Å². The maximum Gasteiger partial charge on any atom is 0.293 e. The van der Waals surface area contributed by atoms with E-state index in [-0.39, 0.29) is 17.7 Å². The van der Waals surface area contributed by atoms with Crippen molar-refractivity contribution in [2.24, 2.45) is 0 Å². The largest absolute Gasteiger partial charge is 0.493 e. The van der Waals surface area contributed by atoms with Crippen LogP contribution in [-0.2, 0) is 11.3 Å². The quantitative estimate of drug-likeness (QED) is 0.602. The predicted octanol–water partition coefficient (Wildman–Crippen LogP) is 5.01. The van der Waals surface area contributed by atoms with E-state index >= 15 is 0 Å². The number of methoxy groups -OCH3 is 2. The lowest BCUT2D eigenvalue weighted by atomic mass is 10.1. The summed E-state index contributed by atoms with van der Waals surface area (Å²) >= 11 is 4.41. The zero-order valence-corrected chi connectivity index (χ0v) is 17.5. The van der Waals surface area contributed by atoms with Crippen molar-refractivity contribution in [3.05, 3.63) is 62.5 Å². The number of hydrogen-bond donors (Lipinski definition) is 0. The van der Waals surface area contributed by atoms with Gasteiger partial charge in [-0.15, -0.1) is 0 Å². The molecule has 1 saturated heterocycles. The van der Waals surface area contributed by atoms with Crippen molar-refractivity contribution in [3.8, 4) is 11.5 Å². The maximum absolute atomic E-state index is 12.7. The summed E-state index contributed by atoms with van der Waals surface area (Å²) in [4.78, 5) is 26.7. The van der Waals surface area contributed by atoms with Gasteiger partial charge in [-0.3, -0.25) is 14.5 Å².